The number of benzene rings is 1. The number of hydrogen-bond donors (Lipinski definition) is 0. The highest BCUT2D eigenvalue weighted by Gasteiger charge is 2.22. The van der Waals surface area contributed by atoms with Gasteiger partial charge in [-0.25, -0.2) is 13.8 Å². The predicted octanol–water partition coefficient (Wildman–Crippen LogP) is 4.57. The number of halogens is 2. The summed E-state index contributed by atoms with van der Waals surface area (Å²) in [5, 5.41) is 14.9. The molecule has 9 heteroatoms. The zero-order valence-corrected chi connectivity index (χ0v) is 15.8. The molecule has 5 rings (SSSR count). The molecule has 0 radical (unpaired) electrons. The van der Waals surface area contributed by atoms with E-state index in [0.717, 1.165) is 11.9 Å². The normalized spacial score (nSPS) is 11.9. The van der Waals surface area contributed by atoms with E-state index in [1.165, 1.54) is 23.5 Å². The van der Waals surface area contributed by atoms with E-state index in [4.69, 9.17) is 5.10 Å². The minimum Gasteiger partial charge on any atom is -0.288 e. The monoisotopic (exact) mass is 396 g/mol. The van der Waals surface area contributed by atoms with Gasteiger partial charge >= 0.3 is 0 Å². The fraction of sp³-hybridized carbons (Fsp3) is 0.158. The largest absolute Gasteiger partial charge is 0.288 e. The highest BCUT2D eigenvalue weighted by atomic mass is 32.1. The van der Waals surface area contributed by atoms with Gasteiger partial charge in [-0.15, -0.1) is 21.5 Å². The van der Waals surface area contributed by atoms with Crippen LogP contribution < -0.4 is 0 Å². The SMILES string of the molecule is CC(C)c1nnc2ccc(-c3c(-c4ccc(F)cc4F)nc4sccn34)nn12. The second-order valence-electron chi connectivity index (χ2n) is 6.69. The van der Waals surface area contributed by atoms with E-state index in [1.54, 1.807) is 10.6 Å². The first-order chi connectivity index (χ1) is 13.5. The Bertz CT molecular complexity index is 1330. The number of aromatic nitrogens is 6. The van der Waals surface area contributed by atoms with Crippen molar-refractivity contribution in [2.45, 2.75) is 19.8 Å². The quantitative estimate of drug-likeness (QED) is 0.448. The zero-order chi connectivity index (χ0) is 19.4. The Morgan fingerprint density at radius 1 is 1.07 bits per heavy atom. The lowest BCUT2D eigenvalue weighted by Crippen LogP contribution is -2.03. The number of imidazole rings is 1. The molecule has 140 valence electrons. The summed E-state index contributed by atoms with van der Waals surface area (Å²) in [6.07, 6.45) is 1.86. The molecule has 0 saturated heterocycles. The third kappa shape index (κ3) is 2.50. The van der Waals surface area contributed by atoms with Crippen molar-refractivity contribution in [1.82, 2.24) is 29.2 Å². The van der Waals surface area contributed by atoms with E-state index in [1.807, 2.05) is 35.9 Å². The molecule has 1 aromatic carbocycles. The van der Waals surface area contributed by atoms with Crippen LogP contribution in [0.1, 0.15) is 25.6 Å². The molecule has 5 aromatic rings. The summed E-state index contributed by atoms with van der Waals surface area (Å²) in [6.45, 7) is 4.03. The van der Waals surface area contributed by atoms with Crippen LogP contribution in [0, 0.1) is 11.6 Å². The molecule has 0 aliphatic heterocycles. The lowest BCUT2D eigenvalue weighted by molar-refractivity contribution is 0.585. The highest BCUT2D eigenvalue weighted by Crippen LogP contribution is 2.35. The molecule has 0 bridgehead atoms. The minimum absolute atomic E-state index is 0.137. The van der Waals surface area contributed by atoms with E-state index < -0.39 is 11.6 Å². The molecule has 0 aliphatic carbocycles. The predicted molar refractivity (Wildman–Crippen MR) is 102 cm³/mol. The molecule has 6 nitrogen and oxygen atoms in total. The maximum absolute atomic E-state index is 14.5. The number of thiazole rings is 1. The summed E-state index contributed by atoms with van der Waals surface area (Å²) in [7, 11) is 0. The Hall–Kier alpha value is -3.20. The molecular weight excluding hydrogens is 382 g/mol. The van der Waals surface area contributed by atoms with Gasteiger partial charge in [-0.1, -0.05) is 13.8 Å². The van der Waals surface area contributed by atoms with E-state index in [0.29, 0.717) is 27.7 Å². The molecule has 0 amide bonds. The fourth-order valence-electron chi connectivity index (χ4n) is 3.19. The smallest absolute Gasteiger partial charge is 0.194 e. The van der Waals surface area contributed by atoms with Crippen LogP contribution >= 0.6 is 11.3 Å². The Labute approximate surface area is 162 Å². The molecule has 0 unspecified atom stereocenters. The first-order valence-corrected chi connectivity index (χ1v) is 9.54. The molecule has 4 heterocycles. The molecule has 0 spiro atoms. The van der Waals surface area contributed by atoms with Gasteiger partial charge in [0.1, 0.15) is 28.7 Å². The lowest BCUT2D eigenvalue weighted by Gasteiger charge is -2.07. The van der Waals surface area contributed by atoms with Crippen molar-refractivity contribution in [2.24, 2.45) is 0 Å². The highest BCUT2D eigenvalue weighted by molar-refractivity contribution is 7.15. The summed E-state index contributed by atoms with van der Waals surface area (Å²) < 4.78 is 31.5. The molecule has 28 heavy (non-hydrogen) atoms. The van der Waals surface area contributed by atoms with Gasteiger partial charge in [-0.05, 0) is 24.3 Å². The maximum atomic E-state index is 14.5. The average Bonchev–Trinajstić information content (AvgIpc) is 3.34. The second-order valence-corrected chi connectivity index (χ2v) is 7.56. The van der Waals surface area contributed by atoms with Gasteiger partial charge in [0.25, 0.3) is 0 Å². The van der Waals surface area contributed by atoms with Gasteiger partial charge in [0.2, 0.25) is 0 Å². The number of hydrogen-bond acceptors (Lipinski definition) is 5. The third-order valence-electron chi connectivity index (χ3n) is 4.49. The van der Waals surface area contributed by atoms with Gasteiger partial charge < -0.3 is 0 Å². The molecular formula is C19H14F2N6S. The Balaban J connectivity index is 1.80. The first kappa shape index (κ1) is 16.9. The van der Waals surface area contributed by atoms with Crippen molar-refractivity contribution in [1.29, 1.82) is 0 Å². The summed E-state index contributed by atoms with van der Waals surface area (Å²) in [5.41, 5.74) is 2.50. The van der Waals surface area contributed by atoms with Gasteiger partial charge in [0.15, 0.2) is 16.4 Å². The summed E-state index contributed by atoms with van der Waals surface area (Å²) in [5.74, 6) is -0.425. The van der Waals surface area contributed by atoms with E-state index >= 15 is 0 Å². The standard InChI is InChI=1S/C19H14F2N6S/c1-10(2)18-24-23-15-6-5-14(25-27(15)18)17-16(22-19-26(17)7-8-28-19)12-4-3-11(20)9-13(12)21/h3-10H,1-2H3. The number of nitrogens with zero attached hydrogens (tertiary/aromatic N) is 6. The van der Waals surface area contributed by atoms with E-state index in [9.17, 15) is 8.78 Å². The van der Waals surface area contributed by atoms with Crippen molar-refractivity contribution in [2.75, 3.05) is 0 Å². The van der Waals surface area contributed by atoms with Crippen molar-refractivity contribution in [3.63, 3.8) is 0 Å². The van der Waals surface area contributed by atoms with Crippen molar-refractivity contribution < 1.29 is 8.78 Å². The number of rotatable bonds is 3. The molecule has 4 aromatic heterocycles. The maximum Gasteiger partial charge on any atom is 0.194 e. The van der Waals surface area contributed by atoms with Crippen LogP contribution in [0.25, 0.3) is 33.3 Å². The van der Waals surface area contributed by atoms with Crippen molar-refractivity contribution in [3.05, 3.63) is 59.4 Å². The summed E-state index contributed by atoms with van der Waals surface area (Å²) >= 11 is 1.43. The van der Waals surface area contributed by atoms with Gasteiger partial charge in [-0.3, -0.25) is 4.40 Å². The van der Waals surface area contributed by atoms with Crippen LogP contribution in [-0.2, 0) is 0 Å². The van der Waals surface area contributed by atoms with E-state index in [-0.39, 0.29) is 11.5 Å². The van der Waals surface area contributed by atoms with Crippen molar-refractivity contribution in [3.8, 4) is 22.6 Å². The molecule has 0 atom stereocenters. The van der Waals surface area contributed by atoms with Crippen molar-refractivity contribution >= 4 is 21.9 Å². The lowest BCUT2D eigenvalue weighted by atomic mass is 10.1. The van der Waals surface area contributed by atoms with Crippen LogP contribution in [-0.4, -0.2) is 29.2 Å². The Morgan fingerprint density at radius 3 is 2.71 bits per heavy atom. The molecule has 0 N–H and O–H groups in total. The molecule has 0 aliphatic rings. The van der Waals surface area contributed by atoms with Gasteiger partial charge in [-0.2, -0.15) is 9.61 Å². The minimum atomic E-state index is -0.666. The zero-order valence-electron chi connectivity index (χ0n) is 15.0. The van der Waals surface area contributed by atoms with Crippen LogP contribution in [0.4, 0.5) is 8.78 Å². The topological polar surface area (TPSA) is 60.4 Å². The Morgan fingerprint density at radius 2 is 1.93 bits per heavy atom. The average molecular weight is 396 g/mol. The fourth-order valence-corrected chi connectivity index (χ4v) is 3.91. The molecule has 0 fully saturated rings. The van der Waals surface area contributed by atoms with Crippen LogP contribution in [0.15, 0.2) is 41.9 Å². The number of fused-ring (bicyclic) bond motifs is 2. The second kappa shape index (κ2) is 6.16. The first-order valence-electron chi connectivity index (χ1n) is 8.66. The third-order valence-corrected chi connectivity index (χ3v) is 5.25. The van der Waals surface area contributed by atoms with Crippen LogP contribution in [0.5, 0.6) is 0 Å². The molecule has 0 saturated carbocycles. The summed E-state index contributed by atoms with van der Waals surface area (Å²) in [4.78, 5) is 5.27. The van der Waals surface area contributed by atoms with Gasteiger partial charge in [0, 0.05) is 29.1 Å². The summed E-state index contributed by atoms with van der Waals surface area (Å²) in [6, 6.07) is 7.11. The van der Waals surface area contributed by atoms with Crippen LogP contribution in [0.3, 0.4) is 0 Å². The van der Waals surface area contributed by atoms with E-state index in [2.05, 4.69) is 15.2 Å². The Kier molecular flexibility index (Phi) is 3.73. The van der Waals surface area contributed by atoms with Gasteiger partial charge in [0.05, 0.1) is 0 Å². The van der Waals surface area contributed by atoms with Crippen LogP contribution in [0.2, 0.25) is 0 Å².